The number of rotatable bonds is 4. The van der Waals surface area contributed by atoms with E-state index >= 15 is 0 Å². The van der Waals surface area contributed by atoms with Gasteiger partial charge in [0.15, 0.2) is 0 Å². The maximum atomic E-state index is 10.8. The van der Waals surface area contributed by atoms with E-state index in [4.69, 9.17) is 4.74 Å². The summed E-state index contributed by atoms with van der Waals surface area (Å²) in [5, 5.41) is 3.59. The van der Waals surface area contributed by atoms with Gasteiger partial charge in [-0.25, -0.2) is 4.79 Å². The Balaban J connectivity index is 3.51. The predicted molar refractivity (Wildman–Crippen MR) is 46.0 cm³/mol. The van der Waals surface area contributed by atoms with E-state index in [9.17, 15) is 4.79 Å². The fraction of sp³-hybridized carbons (Fsp3) is 0.750. The van der Waals surface area contributed by atoms with Crippen LogP contribution >= 0.6 is 0 Å². The molecule has 0 heterocycles. The Morgan fingerprint density at radius 2 is 2.00 bits per heavy atom. The molecule has 0 saturated heterocycles. The number of ether oxygens (including phenoxy) is 1. The van der Waals surface area contributed by atoms with Crippen molar-refractivity contribution in [3.63, 3.8) is 0 Å². The van der Waals surface area contributed by atoms with Gasteiger partial charge in [-0.1, -0.05) is 5.16 Å². The molecule has 0 aromatic carbocycles. The van der Waals surface area contributed by atoms with Gasteiger partial charge in [0.05, 0.1) is 11.8 Å². The van der Waals surface area contributed by atoms with E-state index in [1.807, 2.05) is 0 Å². The Morgan fingerprint density at radius 3 is 2.42 bits per heavy atom. The van der Waals surface area contributed by atoms with Crippen LogP contribution in [0.4, 0.5) is 0 Å². The average Bonchev–Trinajstić information content (AvgIpc) is 1.84. The van der Waals surface area contributed by atoms with Gasteiger partial charge in [-0.3, -0.25) is 0 Å². The van der Waals surface area contributed by atoms with Crippen LogP contribution in [0.5, 0.6) is 0 Å². The van der Waals surface area contributed by atoms with Crippen LogP contribution in [0.3, 0.4) is 0 Å². The zero-order valence-electron chi connectivity index (χ0n) is 7.96. The van der Waals surface area contributed by atoms with Gasteiger partial charge in [0, 0.05) is 0 Å². The van der Waals surface area contributed by atoms with E-state index in [2.05, 4.69) is 9.99 Å². The second-order valence-electron chi connectivity index (χ2n) is 2.85. The van der Waals surface area contributed by atoms with Gasteiger partial charge >= 0.3 is 5.97 Å². The summed E-state index contributed by atoms with van der Waals surface area (Å²) in [7, 11) is 0. The van der Waals surface area contributed by atoms with Gasteiger partial charge in [0.25, 0.3) is 0 Å². The van der Waals surface area contributed by atoms with Gasteiger partial charge in [0.2, 0.25) is 6.61 Å². The van der Waals surface area contributed by atoms with Crippen molar-refractivity contribution in [3.05, 3.63) is 0 Å². The molecule has 70 valence electrons. The second-order valence-corrected chi connectivity index (χ2v) is 2.85. The Bertz CT molecular complexity index is 171. The SMILES string of the molecule is CC(C)=NOCC(=O)OC(C)C. The molecule has 0 saturated carbocycles. The summed E-state index contributed by atoms with van der Waals surface area (Å²) in [6.07, 6.45) is -0.104. The van der Waals surface area contributed by atoms with Crippen molar-refractivity contribution in [1.82, 2.24) is 0 Å². The number of nitrogens with zero attached hydrogens (tertiary/aromatic N) is 1. The fourth-order valence-corrected chi connectivity index (χ4v) is 0.511. The van der Waals surface area contributed by atoms with Crippen LogP contribution in [-0.4, -0.2) is 24.4 Å². The maximum Gasteiger partial charge on any atom is 0.347 e. The molecule has 0 aromatic heterocycles. The Labute approximate surface area is 72.5 Å². The number of esters is 1. The Hall–Kier alpha value is -1.06. The third kappa shape index (κ3) is 7.05. The highest BCUT2D eigenvalue weighted by Gasteiger charge is 2.04. The standard InChI is InChI=1S/C8H15NO3/c1-6(2)9-11-5-8(10)12-7(3)4/h7H,5H2,1-4H3. The number of carbonyl (C=O) groups is 1. The van der Waals surface area contributed by atoms with Gasteiger partial charge in [0.1, 0.15) is 0 Å². The molecular weight excluding hydrogens is 158 g/mol. The lowest BCUT2D eigenvalue weighted by Crippen LogP contribution is -2.15. The number of oxime groups is 1. The van der Waals surface area contributed by atoms with E-state index in [1.165, 1.54) is 0 Å². The molecule has 12 heavy (non-hydrogen) atoms. The quantitative estimate of drug-likeness (QED) is 0.366. The molecule has 0 amide bonds. The van der Waals surface area contributed by atoms with Crippen LogP contribution < -0.4 is 0 Å². The molecule has 0 fully saturated rings. The molecule has 0 aliphatic rings. The van der Waals surface area contributed by atoms with E-state index in [0.29, 0.717) is 0 Å². The monoisotopic (exact) mass is 173 g/mol. The van der Waals surface area contributed by atoms with E-state index < -0.39 is 5.97 Å². The number of hydrogen-bond donors (Lipinski definition) is 0. The molecule has 0 spiro atoms. The summed E-state index contributed by atoms with van der Waals surface area (Å²) in [6, 6.07) is 0. The molecule has 0 bridgehead atoms. The molecule has 0 unspecified atom stereocenters. The molecule has 0 N–H and O–H groups in total. The van der Waals surface area contributed by atoms with E-state index in [0.717, 1.165) is 5.71 Å². The van der Waals surface area contributed by atoms with Crippen molar-refractivity contribution in [1.29, 1.82) is 0 Å². The summed E-state index contributed by atoms with van der Waals surface area (Å²) in [6.45, 7) is 7.02. The highest BCUT2D eigenvalue weighted by Crippen LogP contribution is 1.90. The van der Waals surface area contributed by atoms with E-state index in [-0.39, 0.29) is 12.7 Å². The first-order valence-electron chi connectivity index (χ1n) is 3.85. The zero-order chi connectivity index (χ0) is 9.56. The smallest absolute Gasteiger partial charge is 0.347 e. The summed E-state index contributed by atoms with van der Waals surface area (Å²) < 4.78 is 4.80. The normalized spacial score (nSPS) is 9.42. The molecule has 4 heteroatoms. The summed E-state index contributed by atoms with van der Waals surface area (Å²) in [5.74, 6) is -0.394. The van der Waals surface area contributed by atoms with Crippen molar-refractivity contribution < 1.29 is 14.4 Å². The lowest BCUT2D eigenvalue weighted by atomic mass is 10.5. The maximum absolute atomic E-state index is 10.8. The topological polar surface area (TPSA) is 47.9 Å². The minimum atomic E-state index is -0.394. The highest BCUT2D eigenvalue weighted by molar-refractivity contribution is 5.78. The van der Waals surface area contributed by atoms with Gasteiger partial charge < -0.3 is 9.57 Å². The van der Waals surface area contributed by atoms with Crippen LogP contribution in [-0.2, 0) is 14.4 Å². The largest absolute Gasteiger partial charge is 0.460 e. The van der Waals surface area contributed by atoms with Crippen molar-refractivity contribution >= 4 is 11.7 Å². The zero-order valence-corrected chi connectivity index (χ0v) is 7.96. The number of carbonyl (C=O) groups excluding carboxylic acids is 1. The van der Waals surface area contributed by atoms with Gasteiger partial charge in [-0.05, 0) is 27.7 Å². The first kappa shape index (κ1) is 10.9. The molecule has 0 radical (unpaired) electrons. The van der Waals surface area contributed by atoms with E-state index in [1.54, 1.807) is 27.7 Å². The van der Waals surface area contributed by atoms with Crippen molar-refractivity contribution in [2.75, 3.05) is 6.61 Å². The molecule has 0 atom stereocenters. The second kappa shape index (κ2) is 5.57. The third-order valence-electron chi connectivity index (χ3n) is 0.797. The minimum Gasteiger partial charge on any atom is -0.460 e. The van der Waals surface area contributed by atoms with Crippen molar-refractivity contribution in [3.8, 4) is 0 Å². The molecule has 0 rings (SSSR count). The van der Waals surface area contributed by atoms with Crippen LogP contribution in [0.1, 0.15) is 27.7 Å². The lowest BCUT2D eigenvalue weighted by Gasteiger charge is -2.06. The molecule has 4 nitrogen and oxygen atoms in total. The third-order valence-corrected chi connectivity index (χ3v) is 0.797. The first-order valence-corrected chi connectivity index (χ1v) is 3.85. The van der Waals surface area contributed by atoms with Crippen LogP contribution in [0.15, 0.2) is 5.16 Å². The molecule has 0 aliphatic carbocycles. The lowest BCUT2D eigenvalue weighted by molar-refractivity contribution is -0.152. The van der Waals surface area contributed by atoms with Crippen molar-refractivity contribution in [2.45, 2.75) is 33.8 Å². The minimum absolute atomic E-state index is 0.104. The van der Waals surface area contributed by atoms with Gasteiger partial charge in [-0.15, -0.1) is 0 Å². The predicted octanol–water partition coefficient (Wildman–Crippen LogP) is 1.35. The van der Waals surface area contributed by atoms with Crippen molar-refractivity contribution in [2.24, 2.45) is 5.16 Å². The first-order chi connectivity index (χ1) is 5.52. The molecule has 0 aliphatic heterocycles. The summed E-state index contributed by atoms with van der Waals surface area (Å²) in [4.78, 5) is 15.5. The summed E-state index contributed by atoms with van der Waals surface area (Å²) in [5.41, 5.74) is 0.771. The molecule has 0 aromatic rings. The Kier molecular flexibility index (Phi) is 5.08. The molecular formula is C8H15NO3. The highest BCUT2D eigenvalue weighted by atomic mass is 16.7. The van der Waals surface area contributed by atoms with Crippen LogP contribution in [0, 0.1) is 0 Å². The van der Waals surface area contributed by atoms with Gasteiger partial charge in [-0.2, -0.15) is 0 Å². The van der Waals surface area contributed by atoms with Crippen LogP contribution in [0.2, 0.25) is 0 Å². The average molecular weight is 173 g/mol. The summed E-state index contributed by atoms with van der Waals surface area (Å²) >= 11 is 0. The van der Waals surface area contributed by atoms with Crippen LogP contribution in [0.25, 0.3) is 0 Å². The fourth-order valence-electron chi connectivity index (χ4n) is 0.511. The Morgan fingerprint density at radius 1 is 1.42 bits per heavy atom. The number of hydrogen-bond acceptors (Lipinski definition) is 4.